The number of pyridine rings is 1. The molecule has 0 bridgehead atoms. The summed E-state index contributed by atoms with van der Waals surface area (Å²) >= 11 is 0. The number of aromatic nitrogens is 1. The molecule has 3 nitrogen and oxygen atoms in total. The van der Waals surface area contributed by atoms with E-state index in [1.807, 2.05) is 25.1 Å². The van der Waals surface area contributed by atoms with Crippen molar-refractivity contribution in [2.75, 3.05) is 19.0 Å². The van der Waals surface area contributed by atoms with E-state index in [-0.39, 0.29) is 5.41 Å². The fraction of sp³-hybridized carbons (Fsp3) is 0.643. The summed E-state index contributed by atoms with van der Waals surface area (Å²) in [6.07, 6.45) is 2.80. The highest BCUT2D eigenvalue weighted by molar-refractivity contribution is 5.45. The monoisotopic (exact) mass is 234 g/mol. The maximum atomic E-state index is 5.89. The average molecular weight is 234 g/mol. The molecule has 0 atom stereocenters. The molecule has 0 saturated heterocycles. The molecule has 0 amide bonds. The standard InChI is InChI=1S/C14H22N2O/c1-14(2,3)12-8-11(17-10-6-7-10)9-13(15-12)16(4)5/h8-10H,6-7H2,1-5H3. The van der Waals surface area contributed by atoms with Gasteiger partial charge in [0.2, 0.25) is 0 Å². The van der Waals surface area contributed by atoms with Gasteiger partial charge in [0.25, 0.3) is 0 Å². The predicted molar refractivity (Wildman–Crippen MR) is 70.9 cm³/mol. The van der Waals surface area contributed by atoms with Gasteiger partial charge in [-0.25, -0.2) is 4.98 Å². The van der Waals surface area contributed by atoms with Crippen LogP contribution >= 0.6 is 0 Å². The second-order valence-corrected chi connectivity index (χ2v) is 6.01. The second-order valence-electron chi connectivity index (χ2n) is 6.01. The van der Waals surface area contributed by atoms with Crippen LogP contribution in [0.4, 0.5) is 5.82 Å². The highest BCUT2D eigenvalue weighted by Crippen LogP contribution is 2.31. The lowest BCUT2D eigenvalue weighted by molar-refractivity contribution is 0.302. The van der Waals surface area contributed by atoms with E-state index in [9.17, 15) is 0 Å². The zero-order valence-electron chi connectivity index (χ0n) is 11.4. The fourth-order valence-corrected chi connectivity index (χ4v) is 1.55. The van der Waals surface area contributed by atoms with Crippen LogP contribution in [0.25, 0.3) is 0 Å². The van der Waals surface area contributed by atoms with Crippen molar-refractivity contribution < 1.29 is 4.74 Å². The van der Waals surface area contributed by atoms with Gasteiger partial charge in [0, 0.05) is 31.6 Å². The third kappa shape index (κ3) is 3.11. The molecular weight excluding hydrogens is 212 g/mol. The Morgan fingerprint density at radius 1 is 1.24 bits per heavy atom. The molecule has 94 valence electrons. The van der Waals surface area contributed by atoms with Crippen LogP contribution in [0, 0.1) is 0 Å². The van der Waals surface area contributed by atoms with E-state index in [1.165, 1.54) is 12.8 Å². The smallest absolute Gasteiger partial charge is 0.132 e. The highest BCUT2D eigenvalue weighted by Gasteiger charge is 2.25. The molecule has 2 rings (SSSR count). The van der Waals surface area contributed by atoms with E-state index < -0.39 is 0 Å². The van der Waals surface area contributed by atoms with Crippen LogP contribution in [0.1, 0.15) is 39.3 Å². The maximum Gasteiger partial charge on any atom is 0.132 e. The van der Waals surface area contributed by atoms with Gasteiger partial charge in [-0.15, -0.1) is 0 Å². The Morgan fingerprint density at radius 2 is 1.88 bits per heavy atom. The van der Waals surface area contributed by atoms with E-state index >= 15 is 0 Å². The van der Waals surface area contributed by atoms with Crippen LogP contribution in [0.3, 0.4) is 0 Å². The first-order valence-corrected chi connectivity index (χ1v) is 6.23. The first-order valence-electron chi connectivity index (χ1n) is 6.23. The quantitative estimate of drug-likeness (QED) is 0.804. The maximum absolute atomic E-state index is 5.89. The second kappa shape index (κ2) is 4.21. The third-order valence-corrected chi connectivity index (χ3v) is 2.84. The van der Waals surface area contributed by atoms with Crippen molar-refractivity contribution in [1.82, 2.24) is 4.98 Å². The van der Waals surface area contributed by atoms with Crippen LogP contribution < -0.4 is 9.64 Å². The van der Waals surface area contributed by atoms with E-state index in [2.05, 4.69) is 31.8 Å². The molecule has 1 heterocycles. The van der Waals surface area contributed by atoms with E-state index in [0.717, 1.165) is 17.3 Å². The normalized spacial score (nSPS) is 15.8. The topological polar surface area (TPSA) is 25.4 Å². The Bertz CT molecular complexity index is 403. The summed E-state index contributed by atoms with van der Waals surface area (Å²) in [5.74, 6) is 1.92. The van der Waals surface area contributed by atoms with Crippen molar-refractivity contribution in [3.63, 3.8) is 0 Å². The molecule has 0 unspecified atom stereocenters. The minimum atomic E-state index is 0.0493. The molecule has 0 spiro atoms. The molecule has 1 aromatic heterocycles. The Labute approximate surface area is 104 Å². The first-order chi connectivity index (χ1) is 7.86. The van der Waals surface area contributed by atoms with Gasteiger partial charge < -0.3 is 9.64 Å². The molecule has 0 aromatic carbocycles. The molecule has 1 fully saturated rings. The van der Waals surface area contributed by atoms with Gasteiger partial charge in [-0.2, -0.15) is 0 Å². The molecule has 3 heteroatoms. The van der Waals surface area contributed by atoms with Gasteiger partial charge in [-0.1, -0.05) is 20.8 Å². The van der Waals surface area contributed by atoms with Gasteiger partial charge >= 0.3 is 0 Å². The first kappa shape index (κ1) is 12.2. The summed E-state index contributed by atoms with van der Waals surface area (Å²) in [6.45, 7) is 6.53. The average Bonchev–Trinajstić information content (AvgIpc) is 2.99. The van der Waals surface area contributed by atoms with E-state index in [4.69, 9.17) is 4.74 Å². The summed E-state index contributed by atoms with van der Waals surface area (Å²) in [6, 6.07) is 4.10. The van der Waals surface area contributed by atoms with Crippen LogP contribution in [-0.2, 0) is 5.41 Å². The highest BCUT2D eigenvalue weighted by atomic mass is 16.5. The molecule has 17 heavy (non-hydrogen) atoms. The Balaban J connectivity index is 2.34. The van der Waals surface area contributed by atoms with Crippen LogP contribution in [0.2, 0.25) is 0 Å². The summed E-state index contributed by atoms with van der Waals surface area (Å²) in [5, 5.41) is 0. The fourth-order valence-electron chi connectivity index (χ4n) is 1.55. The molecule has 1 aromatic rings. The lowest BCUT2D eigenvalue weighted by Gasteiger charge is -2.22. The van der Waals surface area contributed by atoms with Crippen molar-refractivity contribution >= 4 is 5.82 Å². The predicted octanol–water partition coefficient (Wildman–Crippen LogP) is 2.99. The lowest BCUT2D eigenvalue weighted by Crippen LogP contribution is -2.18. The summed E-state index contributed by atoms with van der Waals surface area (Å²) in [5.41, 5.74) is 1.13. The van der Waals surface area contributed by atoms with Crippen molar-refractivity contribution in [3.05, 3.63) is 17.8 Å². The largest absolute Gasteiger partial charge is 0.490 e. The number of hydrogen-bond acceptors (Lipinski definition) is 3. The SMILES string of the molecule is CN(C)c1cc(OC2CC2)cc(C(C)(C)C)n1. The molecule has 1 aliphatic rings. The number of anilines is 1. The summed E-state index contributed by atoms with van der Waals surface area (Å²) < 4.78 is 5.89. The number of hydrogen-bond donors (Lipinski definition) is 0. The molecule has 0 N–H and O–H groups in total. The van der Waals surface area contributed by atoms with E-state index in [0.29, 0.717) is 6.10 Å². The molecular formula is C14H22N2O. The van der Waals surface area contributed by atoms with Crippen molar-refractivity contribution in [3.8, 4) is 5.75 Å². The molecule has 1 aliphatic carbocycles. The Morgan fingerprint density at radius 3 is 2.35 bits per heavy atom. The van der Waals surface area contributed by atoms with Crippen LogP contribution in [0.15, 0.2) is 12.1 Å². The number of ether oxygens (including phenoxy) is 1. The van der Waals surface area contributed by atoms with Crippen LogP contribution in [-0.4, -0.2) is 25.2 Å². The minimum Gasteiger partial charge on any atom is -0.490 e. The lowest BCUT2D eigenvalue weighted by atomic mass is 9.91. The molecule has 0 radical (unpaired) electrons. The Kier molecular flexibility index (Phi) is 3.02. The summed E-state index contributed by atoms with van der Waals surface area (Å²) in [4.78, 5) is 6.70. The Hall–Kier alpha value is -1.25. The number of rotatable bonds is 3. The van der Waals surface area contributed by atoms with E-state index in [1.54, 1.807) is 0 Å². The van der Waals surface area contributed by atoms with Gasteiger partial charge in [0.05, 0.1) is 11.8 Å². The van der Waals surface area contributed by atoms with Gasteiger partial charge in [-0.05, 0) is 12.8 Å². The van der Waals surface area contributed by atoms with Crippen LogP contribution in [0.5, 0.6) is 5.75 Å². The van der Waals surface area contributed by atoms with Gasteiger partial charge in [0.1, 0.15) is 11.6 Å². The van der Waals surface area contributed by atoms with Crippen molar-refractivity contribution in [2.24, 2.45) is 0 Å². The molecule has 1 saturated carbocycles. The molecule has 0 aliphatic heterocycles. The van der Waals surface area contributed by atoms with Crippen molar-refractivity contribution in [2.45, 2.75) is 45.1 Å². The van der Waals surface area contributed by atoms with Crippen molar-refractivity contribution in [1.29, 1.82) is 0 Å². The minimum absolute atomic E-state index is 0.0493. The number of nitrogens with zero attached hydrogens (tertiary/aromatic N) is 2. The van der Waals surface area contributed by atoms with Gasteiger partial charge in [-0.3, -0.25) is 0 Å². The van der Waals surface area contributed by atoms with Gasteiger partial charge in [0.15, 0.2) is 0 Å². The zero-order valence-corrected chi connectivity index (χ0v) is 11.4. The third-order valence-electron chi connectivity index (χ3n) is 2.84. The zero-order chi connectivity index (χ0) is 12.6. The summed E-state index contributed by atoms with van der Waals surface area (Å²) in [7, 11) is 4.02.